The van der Waals surface area contributed by atoms with Crippen molar-refractivity contribution in [2.45, 2.75) is 38.9 Å². The van der Waals surface area contributed by atoms with E-state index in [4.69, 9.17) is 5.11 Å². The average molecular weight is 473 g/mol. The minimum Gasteiger partial charge on any atom is -0.481 e. The molecule has 1 unspecified atom stereocenters. The van der Waals surface area contributed by atoms with Gasteiger partial charge in [0.05, 0.1) is 23.5 Å². The van der Waals surface area contributed by atoms with Crippen molar-refractivity contribution < 1.29 is 27.9 Å². The van der Waals surface area contributed by atoms with Crippen LogP contribution in [-0.4, -0.2) is 28.5 Å². The minimum absolute atomic E-state index is 0.0388. The zero-order valence-electron chi connectivity index (χ0n) is 18.8. The number of hydrogen-bond donors (Lipinski definition) is 3. The molecule has 1 heterocycles. The van der Waals surface area contributed by atoms with Crippen LogP contribution in [0.3, 0.4) is 0 Å². The molecule has 2 aromatic carbocycles. The van der Waals surface area contributed by atoms with Crippen molar-refractivity contribution in [3.63, 3.8) is 0 Å². The molecule has 0 radical (unpaired) electrons. The molecule has 0 fully saturated rings. The molecule has 3 aromatic rings. The lowest BCUT2D eigenvalue weighted by Crippen LogP contribution is -2.26. The maximum atomic E-state index is 13.1. The number of nitrogens with one attached hydrogen (secondary N) is 2. The Morgan fingerprint density at radius 2 is 1.71 bits per heavy atom. The zero-order valence-corrected chi connectivity index (χ0v) is 18.8. The highest BCUT2D eigenvalue weighted by Gasteiger charge is 2.30. The van der Waals surface area contributed by atoms with Gasteiger partial charge in [-0.25, -0.2) is 4.98 Å². The number of rotatable bonds is 9. The topological polar surface area (TPSA) is 91.3 Å². The maximum absolute atomic E-state index is 13.1. The third-order valence-corrected chi connectivity index (χ3v) is 5.25. The summed E-state index contributed by atoms with van der Waals surface area (Å²) in [4.78, 5) is 27.2. The molecule has 0 aliphatic carbocycles. The summed E-state index contributed by atoms with van der Waals surface area (Å²) in [6.07, 6.45) is -3.87. The highest BCUT2D eigenvalue weighted by molar-refractivity contribution is 5.94. The second-order valence-electron chi connectivity index (χ2n) is 8.45. The van der Waals surface area contributed by atoms with Gasteiger partial charge in [-0.2, -0.15) is 13.2 Å². The Hall–Kier alpha value is -3.62. The fourth-order valence-electron chi connectivity index (χ4n) is 3.55. The molecule has 0 bridgehead atoms. The first-order chi connectivity index (χ1) is 16.0. The summed E-state index contributed by atoms with van der Waals surface area (Å²) in [5.74, 6) is -0.588. The Kier molecular flexibility index (Phi) is 7.75. The fraction of sp³-hybridized carbons (Fsp3) is 0.320. The molecule has 3 rings (SSSR count). The molecule has 6 nitrogen and oxygen atoms in total. The number of anilines is 1. The molecule has 0 aliphatic rings. The quantitative estimate of drug-likeness (QED) is 0.373. The Morgan fingerprint density at radius 3 is 2.32 bits per heavy atom. The van der Waals surface area contributed by atoms with Crippen molar-refractivity contribution in [2.75, 3.05) is 11.9 Å². The summed E-state index contributed by atoms with van der Waals surface area (Å²) < 4.78 is 39.3. The summed E-state index contributed by atoms with van der Waals surface area (Å²) >= 11 is 0. The third-order valence-electron chi connectivity index (χ3n) is 5.25. The molecular weight excluding hydrogens is 447 g/mol. The molecule has 180 valence electrons. The summed E-state index contributed by atoms with van der Waals surface area (Å²) in [7, 11) is 0. The number of alkyl halides is 3. The van der Waals surface area contributed by atoms with Gasteiger partial charge < -0.3 is 15.7 Å². The standard InChI is InChI=1S/C25H26F3N3O3/c1-15(2)13-20(16-3-5-18(6-4-16)24(34)29-12-11-23(32)33)30-22-10-8-17-7-9-19(25(26,27)28)14-21(17)31-22/h3-10,14-15,20H,11-13H2,1-2H3,(H,29,34)(H,30,31)(H,32,33). The Bertz CT molecular complexity index is 1160. The van der Waals surface area contributed by atoms with E-state index < -0.39 is 17.7 Å². The van der Waals surface area contributed by atoms with E-state index in [0.717, 1.165) is 24.1 Å². The molecule has 3 N–H and O–H groups in total. The third kappa shape index (κ3) is 6.69. The van der Waals surface area contributed by atoms with E-state index in [1.165, 1.54) is 6.07 Å². The molecule has 1 amide bonds. The number of amides is 1. The second kappa shape index (κ2) is 10.5. The molecule has 1 aromatic heterocycles. The summed E-state index contributed by atoms with van der Waals surface area (Å²) in [6, 6.07) is 13.7. The fourth-order valence-corrected chi connectivity index (χ4v) is 3.55. The first kappa shape index (κ1) is 25.0. The number of pyridine rings is 1. The van der Waals surface area contributed by atoms with Crippen LogP contribution in [0.5, 0.6) is 0 Å². The predicted molar refractivity (Wildman–Crippen MR) is 124 cm³/mol. The number of nitrogens with zero attached hydrogens (tertiary/aromatic N) is 1. The molecule has 9 heteroatoms. The molecule has 34 heavy (non-hydrogen) atoms. The van der Waals surface area contributed by atoms with E-state index in [2.05, 4.69) is 29.5 Å². The van der Waals surface area contributed by atoms with Crippen LogP contribution in [0, 0.1) is 5.92 Å². The second-order valence-corrected chi connectivity index (χ2v) is 8.45. The van der Waals surface area contributed by atoms with Crippen LogP contribution in [0.15, 0.2) is 54.6 Å². The molecular formula is C25H26F3N3O3. The lowest BCUT2D eigenvalue weighted by atomic mass is 9.96. The molecule has 0 saturated carbocycles. The molecule has 0 aliphatic heterocycles. The van der Waals surface area contributed by atoms with Gasteiger partial charge in [-0.15, -0.1) is 0 Å². The smallest absolute Gasteiger partial charge is 0.416 e. The van der Waals surface area contributed by atoms with Crippen molar-refractivity contribution in [1.29, 1.82) is 0 Å². The van der Waals surface area contributed by atoms with E-state index in [1.807, 2.05) is 0 Å². The molecule has 0 spiro atoms. The minimum atomic E-state index is -4.44. The van der Waals surface area contributed by atoms with Crippen molar-refractivity contribution in [2.24, 2.45) is 5.92 Å². The Balaban J connectivity index is 1.80. The monoisotopic (exact) mass is 473 g/mol. The van der Waals surface area contributed by atoms with E-state index in [-0.39, 0.29) is 30.4 Å². The van der Waals surface area contributed by atoms with E-state index >= 15 is 0 Å². The number of hydrogen-bond acceptors (Lipinski definition) is 4. The number of carbonyl (C=O) groups excluding carboxylic acids is 1. The zero-order chi connectivity index (χ0) is 24.9. The van der Waals surface area contributed by atoms with Crippen LogP contribution < -0.4 is 10.6 Å². The Morgan fingerprint density at radius 1 is 1.03 bits per heavy atom. The van der Waals surface area contributed by atoms with E-state index in [1.54, 1.807) is 36.4 Å². The van der Waals surface area contributed by atoms with Crippen LogP contribution >= 0.6 is 0 Å². The van der Waals surface area contributed by atoms with Crippen molar-refractivity contribution in [3.05, 3.63) is 71.3 Å². The Labute approximate surface area is 195 Å². The van der Waals surface area contributed by atoms with Gasteiger partial charge in [-0.1, -0.05) is 32.0 Å². The molecule has 0 saturated heterocycles. The van der Waals surface area contributed by atoms with Gasteiger partial charge in [-0.05, 0) is 54.3 Å². The van der Waals surface area contributed by atoms with Gasteiger partial charge >= 0.3 is 12.1 Å². The number of carbonyl (C=O) groups is 2. The van der Waals surface area contributed by atoms with E-state index in [9.17, 15) is 22.8 Å². The number of fused-ring (bicyclic) bond motifs is 1. The van der Waals surface area contributed by atoms with Gasteiger partial charge in [-0.3, -0.25) is 9.59 Å². The number of benzene rings is 2. The van der Waals surface area contributed by atoms with Crippen molar-refractivity contribution in [1.82, 2.24) is 10.3 Å². The van der Waals surface area contributed by atoms with Gasteiger partial charge in [0.25, 0.3) is 5.91 Å². The van der Waals surface area contributed by atoms with Crippen LogP contribution in [0.2, 0.25) is 0 Å². The lowest BCUT2D eigenvalue weighted by Gasteiger charge is -2.22. The van der Waals surface area contributed by atoms with Gasteiger partial charge in [0.1, 0.15) is 5.82 Å². The number of carboxylic acid groups (broad SMARTS) is 1. The highest BCUT2D eigenvalue weighted by atomic mass is 19.4. The van der Waals surface area contributed by atoms with E-state index in [0.29, 0.717) is 22.7 Å². The van der Waals surface area contributed by atoms with Crippen LogP contribution in [0.4, 0.5) is 19.0 Å². The van der Waals surface area contributed by atoms with Gasteiger partial charge in [0.15, 0.2) is 0 Å². The summed E-state index contributed by atoms with van der Waals surface area (Å²) in [6.45, 7) is 4.15. The average Bonchev–Trinajstić information content (AvgIpc) is 2.77. The van der Waals surface area contributed by atoms with Gasteiger partial charge in [0.2, 0.25) is 0 Å². The summed E-state index contributed by atoms with van der Waals surface area (Å²) in [5, 5.41) is 15.2. The van der Waals surface area contributed by atoms with Crippen LogP contribution in [0.1, 0.15) is 54.2 Å². The summed E-state index contributed by atoms with van der Waals surface area (Å²) in [5.41, 5.74) is 0.791. The lowest BCUT2D eigenvalue weighted by molar-refractivity contribution is -0.138. The SMILES string of the molecule is CC(C)CC(Nc1ccc2ccc(C(F)(F)F)cc2n1)c1ccc(C(=O)NCCC(=O)O)cc1. The normalized spacial score (nSPS) is 12.5. The number of halogens is 3. The number of aromatic nitrogens is 1. The number of carboxylic acids is 1. The predicted octanol–water partition coefficient (Wildman–Crippen LogP) is 5.66. The van der Waals surface area contributed by atoms with Gasteiger partial charge in [0, 0.05) is 17.5 Å². The first-order valence-corrected chi connectivity index (χ1v) is 10.9. The van der Waals surface area contributed by atoms with Crippen molar-refractivity contribution >= 4 is 28.6 Å². The van der Waals surface area contributed by atoms with Crippen molar-refractivity contribution in [3.8, 4) is 0 Å². The molecule has 1 atom stereocenters. The number of aliphatic carboxylic acids is 1. The largest absolute Gasteiger partial charge is 0.481 e. The highest BCUT2D eigenvalue weighted by Crippen LogP contribution is 2.32. The first-order valence-electron chi connectivity index (χ1n) is 10.9. The van der Waals surface area contributed by atoms with Crippen LogP contribution in [-0.2, 0) is 11.0 Å². The maximum Gasteiger partial charge on any atom is 0.416 e. The van der Waals surface area contributed by atoms with Crippen LogP contribution in [0.25, 0.3) is 10.9 Å².